The fourth-order valence-electron chi connectivity index (χ4n) is 2.93. The average Bonchev–Trinajstić information content (AvgIpc) is 3.03. The number of hydrogen-bond acceptors (Lipinski definition) is 4. The first-order valence-electron chi connectivity index (χ1n) is 8.01. The molecule has 1 aliphatic carbocycles. The summed E-state index contributed by atoms with van der Waals surface area (Å²) in [6.45, 7) is -2.08. The lowest BCUT2D eigenvalue weighted by Crippen LogP contribution is -2.39. The van der Waals surface area contributed by atoms with E-state index < -0.39 is 6.61 Å². The maximum Gasteiger partial charge on any atom is 0.387 e. The predicted octanol–water partition coefficient (Wildman–Crippen LogP) is 3.12. The number of alkyl halides is 2. The van der Waals surface area contributed by atoms with Crippen LogP contribution >= 0.6 is 11.8 Å². The Morgan fingerprint density at radius 2 is 2.08 bits per heavy atom. The van der Waals surface area contributed by atoms with Crippen LogP contribution in [0.1, 0.15) is 24.8 Å². The summed E-state index contributed by atoms with van der Waals surface area (Å²) in [6.07, 6.45) is 5.62. The molecule has 2 atom stereocenters. The van der Waals surface area contributed by atoms with Gasteiger partial charge in [0.1, 0.15) is 5.75 Å². The Kier molecular flexibility index (Phi) is 7.30. The highest BCUT2D eigenvalue weighted by molar-refractivity contribution is 7.99. The molecule has 7 heteroatoms. The zero-order chi connectivity index (χ0) is 17.5. The fourth-order valence-corrected chi connectivity index (χ4v) is 3.72. The van der Waals surface area contributed by atoms with Crippen molar-refractivity contribution in [3.63, 3.8) is 0 Å². The Morgan fingerprint density at radius 3 is 2.67 bits per heavy atom. The van der Waals surface area contributed by atoms with Crippen LogP contribution < -0.4 is 10.1 Å². The topological polar surface area (TPSA) is 41.6 Å². The zero-order valence-electron chi connectivity index (χ0n) is 14.0. The number of benzene rings is 1. The van der Waals surface area contributed by atoms with E-state index in [4.69, 9.17) is 0 Å². The highest BCUT2D eigenvalue weighted by atomic mass is 32.2. The molecule has 1 aromatic rings. The number of likely N-dealkylation sites (N-methyl/N-ethyl adjacent to an activating group) is 1. The number of nitrogens with zero attached hydrogens (tertiary/aromatic N) is 1. The number of ether oxygens (including phenoxy) is 1. The van der Waals surface area contributed by atoms with E-state index in [2.05, 4.69) is 21.2 Å². The molecule has 1 N–H and O–H groups in total. The lowest BCUT2D eigenvalue weighted by molar-refractivity contribution is -0.122. The Labute approximate surface area is 145 Å². The quantitative estimate of drug-likeness (QED) is 0.775. The Bertz CT molecular complexity index is 528. The highest BCUT2D eigenvalue weighted by Gasteiger charge is 2.27. The van der Waals surface area contributed by atoms with Gasteiger partial charge < -0.3 is 10.1 Å². The van der Waals surface area contributed by atoms with Crippen molar-refractivity contribution in [3.05, 3.63) is 29.8 Å². The van der Waals surface area contributed by atoms with Crippen LogP contribution in [0.5, 0.6) is 5.75 Å². The van der Waals surface area contributed by atoms with Gasteiger partial charge in [-0.2, -0.15) is 20.5 Å². The number of thioether (sulfide) groups is 1. The second-order valence-corrected chi connectivity index (χ2v) is 7.18. The third-order valence-corrected chi connectivity index (χ3v) is 5.44. The minimum Gasteiger partial charge on any atom is -0.435 e. The van der Waals surface area contributed by atoms with Gasteiger partial charge in [-0.05, 0) is 50.3 Å². The lowest BCUT2D eigenvalue weighted by Gasteiger charge is -2.23. The molecule has 4 nitrogen and oxygen atoms in total. The van der Waals surface area contributed by atoms with E-state index in [9.17, 15) is 13.6 Å². The third-order valence-electron chi connectivity index (χ3n) is 4.34. The van der Waals surface area contributed by atoms with E-state index in [1.165, 1.54) is 18.6 Å². The normalized spacial score (nSPS) is 20.6. The maximum absolute atomic E-state index is 12.1. The number of hydrogen-bond donors (Lipinski definition) is 1. The van der Waals surface area contributed by atoms with Crippen LogP contribution in [-0.4, -0.2) is 48.6 Å². The van der Waals surface area contributed by atoms with Gasteiger partial charge in [-0.15, -0.1) is 0 Å². The molecule has 0 spiro atoms. The summed E-state index contributed by atoms with van der Waals surface area (Å²) < 4.78 is 28.5. The molecule has 0 aliphatic heterocycles. The molecule has 1 amide bonds. The summed E-state index contributed by atoms with van der Waals surface area (Å²) in [5.41, 5.74) is 0.843. The Hall–Kier alpha value is -1.34. The van der Waals surface area contributed by atoms with E-state index in [-0.39, 0.29) is 11.7 Å². The number of nitrogens with one attached hydrogen (secondary N) is 1. The standard InChI is InChI=1S/C17H24F2N2O2S/c1-21(13-5-8-15(9-13)24-2)11-16(22)20-10-12-3-6-14(7-4-12)23-17(18)19/h3-4,6-7,13,15,17H,5,8-11H2,1-2H3,(H,20,22)/t13-,15-/m0/s1. The van der Waals surface area contributed by atoms with Crippen LogP contribution in [0.25, 0.3) is 0 Å². The minimum absolute atomic E-state index is 0.0296. The summed E-state index contributed by atoms with van der Waals surface area (Å²) in [4.78, 5) is 14.2. The largest absolute Gasteiger partial charge is 0.435 e. The molecule has 1 saturated carbocycles. The van der Waals surface area contributed by atoms with Gasteiger partial charge in [-0.25, -0.2) is 0 Å². The smallest absolute Gasteiger partial charge is 0.387 e. The van der Waals surface area contributed by atoms with E-state index >= 15 is 0 Å². The van der Waals surface area contributed by atoms with Gasteiger partial charge in [0.05, 0.1) is 6.54 Å². The van der Waals surface area contributed by atoms with Crippen molar-refractivity contribution in [3.8, 4) is 5.75 Å². The molecule has 0 unspecified atom stereocenters. The fraction of sp³-hybridized carbons (Fsp3) is 0.588. The molecular formula is C17H24F2N2O2S. The molecule has 0 aromatic heterocycles. The first-order valence-corrected chi connectivity index (χ1v) is 9.30. The average molecular weight is 358 g/mol. The van der Waals surface area contributed by atoms with Crippen molar-refractivity contribution in [1.82, 2.24) is 10.2 Å². The molecule has 1 fully saturated rings. The third kappa shape index (κ3) is 5.94. The van der Waals surface area contributed by atoms with Crippen LogP contribution in [0.2, 0.25) is 0 Å². The van der Waals surface area contributed by atoms with Crippen molar-refractivity contribution in [1.29, 1.82) is 0 Å². The zero-order valence-corrected chi connectivity index (χ0v) is 14.8. The van der Waals surface area contributed by atoms with E-state index in [1.54, 1.807) is 12.1 Å². The Balaban J connectivity index is 1.72. The molecule has 0 heterocycles. The number of rotatable bonds is 8. The summed E-state index contributed by atoms with van der Waals surface area (Å²) in [5.74, 6) is 0.0856. The second-order valence-electron chi connectivity index (χ2n) is 6.04. The maximum atomic E-state index is 12.1. The van der Waals surface area contributed by atoms with Gasteiger partial charge in [-0.3, -0.25) is 9.69 Å². The van der Waals surface area contributed by atoms with E-state index in [1.807, 2.05) is 18.8 Å². The van der Waals surface area contributed by atoms with Crippen LogP contribution in [0.3, 0.4) is 0 Å². The highest BCUT2D eigenvalue weighted by Crippen LogP contribution is 2.30. The van der Waals surface area contributed by atoms with Crippen molar-refractivity contribution in [2.75, 3.05) is 19.8 Å². The molecule has 0 bridgehead atoms. The first-order chi connectivity index (χ1) is 11.5. The minimum atomic E-state index is -2.83. The summed E-state index contributed by atoms with van der Waals surface area (Å²) >= 11 is 1.90. The van der Waals surface area contributed by atoms with Gasteiger partial charge in [0.15, 0.2) is 0 Å². The molecular weight excluding hydrogens is 334 g/mol. The number of carbonyl (C=O) groups excluding carboxylic acids is 1. The molecule has 2 rings (SSSR count). The van der Waals surface area contributed by atoms with E-state index in [0.29, 0.717) is 24.4 Å². The number of carbonyl (C=O) groups is 1. The summed E-state index contributed by atoms with van der Waals surface area (Å²) in [6, 6.07) is 6.75. The first kappa shape index (κ1) is 19.0. The number of amides is 1. The number of halogens is 2. The van der Waals surface area contributed by atoms with Crippen LogP contribution in [0.4, 0.5) is 8.78 Å². The van der Waals surface area contributed by atoms with Gasteiger partial charge in [0.25, 0.3) is 0 Å². The van der Waals surface area contributed by atoms with Crippen molar-refractivity contribution < 1.29 is 18.3 Å². The van der Waals surface area contributed by atoms with Crippen LogP contribution in [0.15, 0.2) is 24.3 Å². The van der Waals surface area contributed by atoms with Crippen molar-refractivity contribution in [2.45, 2.75) is 43.7 Å². The van der Waals surface area contributed by atoms with Crippen molar-refractivity contribution in [2.24, 2.45) is 0 Å². The SMILES string of the molecule is CS[C@H]1CC[C@H](N(C)CC(=O)NCc2ccc(OC(F)F)cc2)C1. The van der Waals surface area contributed by atoms with Crippen LogP contribution in [-0.2, 0) is 11.3 Å². The summed E-state index contributed by atoms with van der Waals surface area (Å²) in [5, 5.41) is 3.57. The van der Waals surface area contributed by atoms with Gasteiger partial charge >= 0.3 is 6.61 Å². The molecule has 0 saturated heterocycles. The lowest BCUT2D eigenvalue weighted by atomic mass is 10.2. The molecule has 1 aliphatic rings. The Morgan fingerprint density at radius 1 is 1.38 bits per heavy atom. The molecule has 24 heavy (non-hydrogen) atoms. The molecule has 0 radical (unpaired) electrons. The monoisotopic (exact) mass is 358 g/mol. The predicted molar refractivity (Wildman–Crippen MR) is 92.5 cm³/mol. The van der Waals surface area contributed by atoms with Gasteiger partial charge in [-0.1, -0.05) is 12.1 Å². The second kappa shape index (κ2) is 9.22. The molecule has 1 aromatic carbocycles. The van der Waals surface area contributed by atoms with Crippen molar-refractivity contribution >= 4 is 17.7 Å². The van der Waals surface area contributed by atoms with Gasteiger partial charge in [0, 0.05) is 17.8 Å². The van der Waals surface area contributed by atoms with E-state index in [0.717, 1.165) is 18.4 Å². The van der Waals surface area contributed by atoms with Crippen LogP contribution in [0, 0.1) is 0 Å². The van der Waals surface area contributed by atoms with Gasteiger partial charge in [0.2, 0.25) is 5.91 Å². The molecule has 134 valence electrons. The summed E-state index contributed by atoms with van der Waals surface area (Å²) in [7, 11) is 1.99.